The molecule has 2 amide bonds. The molecule has 8 nitrogen and oxygen atoms in total. The molecule has 0 fully saturated rings. The van der Waals surface area contributed by atoms with E-state index in [1.807, 2.05) is 0 Å². The van der Waals surface area contributed by atoms with Crippen molar-refractivity contribution in [3.05, 3.63) is 41.5 Å². The average molecular weight is 444 g/mol. The maximum Gasteiger partial charge on any atom is 0.412 e. The van der Waals surface area contributed by atoms with Crippen molar-refractivity contribution in [2.75, 3.05) is 10.6 Å². The van der Waals surface area contributed by atoms with Crippen molar-refractivity contribution in [1.82, 2.24) is 4.72 Å². The van der Waals surface area contributed by atoms with Gasteiger partial charge in [0.15, 0.2) is 0 Å². The average Bonchev–Trinajstić information content (AvgIpc) is 3.11. The summed E-state index contributed by atoms with van der Waals surface area (Å²) in [5, 5.41) is 6.35. The molecule has 1 atom stereocenters. The molecule has 0 aliphatic rings. The Morgan fingerprint density at radius 3 is 2.45 bits per heavy atom. The maximum atomic E-state index is 14.0. The Morgan fingerprint density at radius 1 is 1.17 bits per heavy atom. The van der Waals surface area contributed by atoms with Gasteiger partial charge in [-0.25, -0.2) is 17.6 Å². The Kier molecular flexibility index (Phi) is 6.98. The smallest absolute Gasteiger partial charge is 0.412 e. The molecular weight excluding hydrogens is 421 g/mol. The SMILES string of the molecule is CC(NS(=O)(=O)c1cccs1)C(=O)Nc1ccc(F)c(NC(=O)OC(C)(C)C)c1. The summed E-state index contributed by atoms with van der Waals surface area (Å²) >= 11 is 1.02. The maximum absolute atomic E-state index is 14.0. The zero-order chi connectivity index (χ0) is 21.8. The standard InChI is InChI=1S/C18H22FN3O5S2/c1-11(22-29(25,26)15-6-5-9-28-15)16(23)20-12-7-8-13(19)14(10-12)21-17(24)27-18(2,3)4/h5-11,22H,1-4H3,(H,20,23)(H,21,24). The van der Waals surface area contributed by atoms with Gasteiger partial charge in [0, 0.05) is 5.69 Å². The predicted octanol–water partition coefficient (Wildman–Crippen LogP) is 3.54. The minimum Gasteiger partial charge on any atom is -0.444 e. The number of benzene rings is 1. The minimum absolute atomic E-state index is 0.0859. The normalized spacial score (nSPS) is 12.9. The van der Waals surface area contributed by atoms with Crippen LogP contribution in [0.4, 0.5) is 20.6 Å². The van der Waals surface area contributed by atoms with Crippen molar-refractivity contribution < 1.29 is 27.1 Å². The van der Waals surface area contributed by atoms with Crippen molar-refractivity contribution in [2.24, 2.45) is 0 Å². The first-order valence-corrected chi connectivity index (χ1v) is 10.9. The molecule has 1 unspecified atom stereocenters. The topological polar surface area (TPSA) is 114 Å². The third-order valence-electron chi connectivity index (χ3n) is 3.35. The molecule has 0 saturated heterocycles. The molecule has 0 aliphatic carbocycles. The van der Waals surface area contributed by atoms with E-state index in [1.165, 1.54) is 25.1 Å². The van der Waals surface area contributed by atoms with Crippen LogP contribution in [0.15, 0.2) is 39.9 Å². The molecule has 29 heavy (non-hydrogen) atoms. The van der Waals surface area contributed by atoms with E-state index in [4.69, 9.17) is 4.74 Å². The van der Waals surface area contributed by atoms with E-state index in [2.05, 4.69) is 15.4 Å². The highest BCUT2D eigenvalue weighted by Crippen LogP contribution is 2.21. The molecule has 0 aliphatic heterocycles. The Hall–Kier alpha value is -2.50. The molecule has 158 valence electrons. The number of hydrogen-bond acceptors (Lipinski definition) is 6. The second-order valence-corrected chi connectivity index (χ2v) is 9.97. The van der Waals surface area contributed by atoms with Crippen LogP contribution in [0.25, 0.3) is 0 Å². The Balaban J connectivity index is 2.05. The van der Waals surface area contributed by atoms with Crippen molar-refractivity contribution in [1.29, 1.82) is 0 Å². The summed E-state index contributed by atoms with van der Waals surface area (Å²) < 4.78 is 45.8. The summed E-state index contributed by atoms with van der Waals surface area (Å²) in [6, 6.07) is 5.47. The molecule has 1 aromatic carbocycles. The number of carbonyl (C=O) groups is 2. The lowest BCUT2D eigenvalue weighted by Crippen LogP contribution is -2.41. The number of rotatable bonds is 6. The van der Waals surface area contributed by atoms with Gasteiger partial charge in [-0.3, -0.25) is 10.1 Å². The third kappa shape index (κ3) is 6.80. The molecule has 0 bridgehead atoms. The highest BCUT2D eigenvalue weighted by molar-refractivity contribution is 7.91. The molecule has 2 rings (SSSR count). The lowest BCUT2D eigenvalue weighted by atomic mass is 10.2. The zero-order valence-corrected chi connectivity index (χ0v) is 17.9. The van der Waals surface area contributed by atoms with Crippen LogP contribution in [0.5, 0.6) is 0 Å². The number of hydrogen-bond donors (Lipinski definition) is 3. The molecule has 1 heterocycles. The molecule has 1 aromatic heterocycles. The van der Waals surface area contributed by atoms with Crippen LogP contribution in [-0.2, 0) is 19.6 Å². The highest BCUT2D eigenvalue weighted by Gasteiger charge is 2.23. The second-order valence-electron chi connectivity index (χ2n) is 7.09. The number of nitrogens with one attached hydrogen (secondary N) is 3. The van der Waals surface area contributed by atoms with Gasteiger partial charge < -0.3 is 10.1 Å². The summed E-state index contributed by atoms with van der Waals surface area (Å²) in [7, 11) is -3.83. The summed E-state index contributed by atoms with van der Waals surface area (Å²) in [4.78, 5) is 24.2. The molecule has 0 spiro atoms. The Labute approximate surface area is 172 Å². The van der Waals surface area contributed by atoms with Crippen LogP contribution in [0.1, 0.15) is 27.7 Å². The summed E-state index contributed by atoms with van der Waals surface area (Å²) in [5.74, 6) is -1.37. The first-order valence-electron chi connectivity index (χ1n) is 8.53. The number of ether oxygens (including phenoxy) is 1. The number of anilines is 2. The van der Waals surface area contributed by atoms with Crippen LogP contribution >= 0.6 is 11.3 Å². The molecule has 0 saturated carbocycles. The Morgan fingerprint density at radius 2 is 1.86 bits per heavy atom. The van der Waals surface area contributed by atoms with Crippen molar-refractivity contribution in [3.8, 4) is 0 Å². The van der Waals surface area contributed by atoms with Gasteiger partial charge in [0.1, 0.15) is 15.6 Å². The quantitative estimate of drug-likeness (QED) is 0.632. The van der Waals surface area contributed by atoms with Crippen molar-refractivity contribution >= 4 is 44.7 Å². The van der Waals surface area contributed by atoms with Crippen molar-refractivity contribution in [2.45, 2.75) is 43.5 Å². The van der Waals surface area contributed by atoms with E-state index in [0.29, 0.717) is 0 Å². The van der Waals surface area contributed by atoms with Crippen molar-refractivity contribution in [3.63, 3.8) is 0 Å². The van der Waals surface area contributed by atoms with Crippen LogP contribution in [0.2, 0.25) is 0 Å². The minimum atomic E-state index is -3.83. The van der Waals surface area contributed by atoms with Gasteiger partial charge in [-0.1, -0.05) is 6.07 Å². The molecule has 11 heteroatoms. The number of thiophene rings is 1. The van der Waals surface area contributed by atoms with Gasteiger partial charge in [0.25, 0.3) is 10.0 Å². The predicted molar refractivity (Wildman–Crippen MR) is 109 cm³/mol. The van der Waals surface area contributed by atoms with Crippen LogP contribution in [-0.4, -0.2) is 32.1 Å². The first kappa shape index (κ1) is 22.8. The number of carbonyl (C=O) groups excluding carboxylic acids is 2. The van der Waals surface area contributed by atoms with Gasteiger partial charge in [0.2, 0.25) is 5.91 Å². The van der Waals surface area contributed by atoms with Gasteiger partial charge in [-0.2, -0.15) is 4.72 Å². The van der Waals surface area contributed by atoms with Gasteiger partial charge in [-0.15, -0.1) is 11.3 Å². The number of amides is 2. The lowest BCUT2D eigenvalue weighted by Gasteiger charge is -2.20. The zero-order valence-electron chi connectivity index (χ0n) is 16.3. The Bertz CT molecular complexity index is 985. The second kappa shape index (κ2) is 8.89. The van der Waals surface area contributed by atoms with Gasteiger partial charge in [0.05, 0.1) is 11.7 Å². The fraction of sp³-hybridized carbons (Fsp3) is 0.333. The van der Waals surface area contributed by atoms with Crippen LogP contribution < -0.4 is 15.4 Å². The highest BCUT2D eigenvalue weighted by atomic mass is 32.2. The molecule has 0 radical (unpaired) electrons. The van der Waals surface area contributed by atoms with E-state index in [0.717, 1.165) is 17.4 Å². The molecule has 2 aromatic rings. The van der Waals surface area contributed by atoms with E-state index >= 15 is 0 Å². The third-order valence-corrected chi connectivity index (χ3v) is 6.29. The van der Waals surface area contributed by atoms with Gasteiger partial charge >= 0.3 is 6.09 Å². The van der Waals surface area contributed by atoms with E-state index in [-0.39, 0.29) is 15.6 Å². The van der Waals surface area contributed by atoms with Crippen LogP contribution in [0, 0.1) is 5.82 Å². The van der Waals surface area contributed by atoms with Crippen LogP contribution in [0.3, 0.4) is 0 Å². The largest absolute Gasteiger partial charge is 0.444 e. The molecule has 3 N–H and O–H groups in total. The van der Waals surface area contributed by atoms with E-state index in [1.54, 1.807) is 32.2 Å². The fourth-order valence-electron chi connectivity index (χ4n) is 2.12. The molecular formula is C18H22FN3O5S2. The lowest BCUT2D eigenvalue weighted by molar-refractivity contribution is -0.117. The first-order chi connectivity index (χ1) is 13.4. The summed E-state index contributed by atoms with van der Waals surface area (Å²) in [5.41, 5.74) is -0.782. The van der Waals surface area contributed by atoms with E-state index in [9.17, 15) is 22.4 Å². The number of halogens is 1. The monoisotopic (exact) mass is 443 g/mol. The number of sulfonamides is 1. The summed E-state index contributed by atoms with van der Waals surface area (Å²) in [6.45, 7) is 6.37. The fourth-order valence-corrected chi connectivity index (χ4v) is 4.34. The summed E-state index contributed by atoms with van der Waals surface area (Å²) in [6.07, 6.45) is -0.850. The van der Waals surface area contributed by atoms with E-state index < -0.39 is 39.5 Å². The van der Waals surface area contributed by atoms with Gasteiger partial charge in [-0.05, 0) is 57.3 Å².